The van der Waals surface area contributed by atoms with Crippen LogP contribution in [0.25, 0.3) is 0 Å². The van der Waals surface area contributed by atoms with Crippen LogP contribution in [-0.4, -0.2) is 48.4 Å². The Labute approximate surface area is 158 Å². The highest BCUT2D eigenvalue weighted by Crippen LogP contribution is 2.33. The van der Waals surface area contributed by atoms with Crippen LogP contribution in [0.3, 0.4) is 0 Å². The first-order valence-electron chi connectivity index (χ1n) is 10.2. The second-order valence-electron chi connectivity index (χ2n) is 7.26. The molecule has 0 saturated heterocycles. The van der Waals surface area contributed by atoms with E-state index in [1.165, 1.54) is 0 Å². The molecule has 1 amide bonds. The summed E-state index contributed by atoms with van der Waals surface area (Å²) >= 11 is 0. The summed E-state index contributed by atoms with van der Waals surface area (Å²) < 4.78 is 4.96. The predicted molar refractivity (Wildman–Crippen MR) is 105 cm³/mol. The van der Waals surface area contributed by atoms with E-state index in [-0.39, 0.29) is 11.7 Å². The van der Waals surface area contributed by atoms with E-state index >= 15 is 0 Å². The number of nitrogens with two attached hydrogens (primary N) is 1. The maximum Gasteiger partial charge on any atom is 0.257 e. The molecule has 0 bridgehead atoms. The smallest absolute Gasteiger partial charge is 0.257 e. The number of carbonyl (C=O) groups excluding carboxylic acids is 2. The number of guanidine groups is 1. The number of ketones is 1. The molecule has 1 heterocycles. The molecule has 150 valence electrons. The minimum Gasteiger partial charge on any atom is -0.385 e. The second kappa shape index (κ2) is 12.0. The van der Waals surface area contributed by atoms with Gasteiger partial charge in [-0.05, 0) is 32.1 Å². The summed E-state index contributed by atoms with van der Waals surface area (Å²) in [5.41, 5.74) is 5.44. The van der Waals surface area contributed by atoms with Crippen molar-refractivity contribution in [3.8, 4) is 0 Å². The third kappa shape index (κ3) is 6.71. The number of carbonyl (C=O) groups is 2. The monoisotopic (exact) mass is 367 g/mol. The highest BCUT2D eigenvalue weighted by Gasteiger charge is 2.46. The van der Waals surface area contributed by atoms with E-state index in [9.17, 15) is 9.59 Å². The molecule has 0 radical (unpaired) electrons. The summed E-state index contributed by atoms with van der Waals surface area (Å²) in [5, 5.41) is 0. The van der Waals surface area contributed by atoms with Gasteiger partial charge < -0.3 is 10.5 Å². The molecule has 1 rings (SSSR count). The third-order valence-corrected chi connectivity index (χ3v) is 5.03. The molecular weight excluding hydrogens is 330 g/mol. The Kier molecular flexibility index (Phi) is 10.5. The minimum absolute atomic E-state index is 0.0586. The van der Waals surface area contributed by atoms with Crippen LogP contribution >= 0.6 is 0 Å². The fourth-order valence-electron chi connectivity index (χ4n) is 3.42. The second-order valence-corrected chi connectivity index (χ2v) is 7.26. The van der Waals surface area contributed by atoms with Crippen LogP contribution in [0.15, 0.2) is 4.99 Å². The first-order valence-corrected chi connectivity index (χ1v) is 10.2. The van der Waals surface area contributed by atoms with Crippen molar-refractivity contribution in [3.05, 3.63) is 0 Å². The van der Waals surface area contributed by atoms with Gasteiger partial charge in [-0.2, -0.15) is 0 Å². The molecule has 0 atom stereocenters. The minimum atomic E-state index is -0.647. The Morgan fingerprint density at radius 2 is 1.69 bits per heavy atom. The Bertz CT molecular complexity index is 469. The zero-order chi connectivity index (χ0) is 19.4. The Balaban J connectivity index is 2.49. The van der Waals surface area contributed by atoms with Gasteiger partial charge in [-0.25, -0.2) is 4.99 Å². The molecule has 0 aromatic rings. The number of ether oxygens (including phenoxy) is 1. The molecule has 1 aliphatic heterocycles. The number of hydrogen-bond acceptors (Lipinski definition) is 5. The van der Waals surface area contributed by atoms with Crippen LogP contribution < -0.4 is 5.73 Å². The first kappa shape index (κ1) is 22.6. The third-order valence-electron chi connectivity index (χ3n) is 5.03. The van der Waals surface area contributed by atoms with Gasteiger partial charge in [0, 0.05) is 33.1 Å². The average Bonchev–Trinajstić information content (AvgIpc) is 2.86. The molecule has 26 heavy (non-hydrogen) atoms. The molecule has 0 unspecified atom stereocenters. The lowest BCUT2D eigenvalue weighted by Gasteiger charge is -2.26. The maximum absolute atomic E-state index is 13.0. The molecule has 0 aliphatic carbocycles. The van der Waals surface area contributed by atoms with E-state index in [4.69, 9.17) is 10.5 Å². The van der Waals surface area contributed by atoms with Crippen molar-refractivity contribution in [3.63, 3.8) is 0 Å². The van der Waals surface area contributed by atoms with E-state index in [1.807, 2.05) is 0 Å². The van der Waals surface area contributed by atoms with Crippen LogP contribution in [-0.2, 0) is 14.3 Å². The lowest BCUT2D eigenvalue weighted by Crippen LogP contribution is -2.44. The van der Waals surface area contributed by atoms with Gasteiger partial charge in [0.25, 0.3) is 5.91 Å². The van der Waals surface area contributed by atoms with Crippen LogP contribution in [0.4, 0.5) is 0 Å². The topological polar surface area (TPSA) is 85.0 Å². The van der Waals surface area contributed by atoms with Gasteiger partial charge in [0.1, 0.15) is 11.3 Å². The van der Waals surface area contributed by atoms with E-state index in [2.05, 4.69) is 18.8 Å². The van der Waals surface area contributed by atoms with Crippen molar-refractivity contribution in [2.24, 2.45) is 10.7 Å². The molecule has 0 aromatic heterocycles. The number of amides is 1. The number of nitrogens with zero attached hydrogens (tertiary/aromatic N) is 2. The Morgan fingerprint density at radius 3 is 2.27 bits per heavy atom. The zero-order valence-electron chi connectivity index (χ0n) is 16.9. The summed E-state index contributed by atoms with van der Waals surface area (Å²) in [5.74, 6) is 0.675. The van der Waals surface area contributed by atoms with Gasteiger partial charge in [-0.3, -0.25) is 14.5 Å². The van der Waals surface area contributed by atoms with Gasteiger partial charge in [0.15, 0.2) is 5.96 Å². The normalized spacial score (nSPS) is 16.2. The van der Waals surface area contributed by atoms with Crippen LogP contribution in [0.1, 0.15) is 84.5 Å². The van der Waals surface area contributed by atoms with Gasteiger partial charge in [-0.15, -0.1) is 0 Å². The van der Waals surface area contributed by atoms with Gasteiger partial charge >= 0.3 is 0 Å². The molecule has 0 aromatic carbocycles. The Morgan fingerprint density at radius 1 is 1.08 bits per heavy atom. The fraction of sp³-hybridized carbons (Fsp3) is 0.850. The number of Topliss-reactive ketones (excluding diaryl/α,β-unsaturated/α-hetero) is 1. The first-order chi connectivity index (χ1) is 12.5. The van der Waals surface area contributed by atoms with Gasteiger partial charge in [0.05, 0.1) is 0 Å². The molecule has 0 saturated carbocycles. The van der Waals surface area contributed by atoms with Crippen LogP contribution in [0.5, 0.6) is 0 Å². The molecule has 0 spiro atoms. The number of methoxy groups -OCH3 is 1. The van der Waals surface area contributed by atoms with E-state index in [0.29, 0.717) is 32.0 Å². The van der Waals surface area contributed by atoms with Crippen molar-refractivity contribution in [1.82, 2.24) is 4.90 Å². The lowest BCUT2D eigenvalue weighted by molar-refractivity contribution is -0.131. The molecule has 6 nitrogen and oxygen atoms in total. The standard InChI is InChI=1S/C20H37N3O3/c1-4-6-13-20(14-7-5-2)18(25)23(19(21)22-20)15-9-8-11-17(24)12-10-16-26-3/h4-16H2,1-3H3,(H2,21,22). The summed E-state index contributed by atoms with van der Waals surface area (Å²) in [4.78, 5) is 31.1. The van der Waals surface area contributed by atoms with Crippen molar-refractivity contribution in [2.45, 2.75) is 90.0 Å². The van der Waals surface area contributed by atoms with Crippen molar-refractivity contribution >= 4 is 17.6 Å². The summed E-state index contributed by atoms with van der Waals surface area (Å²) in [6, 6.07) is 0. The van der Waals surface area contributed by atoms with Crippen LogP contribution in [0.2, 0.25) is 0 Å². The molecular formula is C20H37N3O3. The molecule has 2 N–H and O–H groups in total. The number of aliphatic imine (C=N–C) groups is 1. The van der Waals surface area contributed by atoms with Gasteiger partial charge in [-0.1, -0.05) is 39.5 Å². The van der Waals surface area contributed by atoms with E-state index in [1.54, 1.807) is 12.0 Å². The lowest BCUT2D eigenvalue weighted by atomic mass is 9.87. The highest BCUT2D eigenvalue weighted by molar-refractivity contribution is 6.06. The predicted octanol–water partition coefficient (Wildman–Crippen LogP) is 3.43. The summed E-state index contributed by atoms with van der Waals surface area (Å²) in [7, 11) is 1.64. The Hall–Kier alpha value is -1.43. The summed E-state index contributed by atoms with van der Waals surface area (Å²) in [6.45, 7) is 5.43. The summed E-state index contributed by atoms with van der Waals surface area (Å²) in [6.07, 6.45) is 9.05. The highest BCUT2D eigenvalue weighted by atomic mass is 16.5. The largest absolute Gasteiger partial charge is 0.385 e. The van der Waals surface area contributed by atoms with Crippen molar-refractivity contribution in [2.75, 3.05) is 20.3 Å². The maximum atomic E-state index is 13.0. The number of rotatable bonds is 15. The van der Waals surface area contributed by atoms with Crippen molar-refractivity contribution in [1.29, 1.82) is 0 Å². The number of hydrogen-bond donors (Lipinski definition) is 1. The quantitative estimate of drug-likeness (QED) is 0.449. The van der Waals surface area contributed by atoms with Crippen LogP contribution in [0, 0.1) is 0 Å². The molecule has 6 heteroatoms. The van der Waals surface area contributed by atoms with E-state index in [0.717, 1.165) is 57.8 Å². The van der Waals surface area contributed by atoms with Crippen molar-refractivity contribution < 1.29 is 14.3 Å². The fourth-order valence-corrected chi connectivity index (χ4v) is 3.42. The zero-order valence-corrected chi connectivity index (χ0v) is 16.9. The number of unbranched alkanes of at least 4 members (excludes halogenated alkanes) is 3. The molecule has 0 fully saturated rings. The molecule has 1 aliphatic rings. The SMILES string of the molecule is CCCCC1(CCCC)N=C(N)N(CCCCC(=O)CCCOC)C1=O. The van der Waals surface area contributed by atoms with Gasteiger partial charge in [0.2, 0.25) is 0 Å². The average molecular weight is 368 g/mol. The van der Waals surface area contributed by atoms with E-state index < -0.39 is 5.54 Å².